The van der Waals surface area contributed by atoms with Crippen LogP contribution in [0, 0.1) is 12.8 Å². The summed E-state index contributed by atoms with van der Waals surface area (Å²) in [6.07, 6.45) is 0. The van der Waals surface area contributed by atoms with Crippen molar-refractivity contribution in [3.05, 3.63) is 29.1 Å². The molecule has 1 atom stereocenters. The van der Waals surface area contributed by atoms with Crippen LogP contribution in [0.15, 0.2) is 29.2 Å². The minimum absolute atomic E-state index is 0.0995. The lowest BCUT2D eigenvalue weighted by atomic mass is 9.90. The van der Waals surface area contributed by atoms with Crippen molar-refractivity contribution in [2.75, 3.05) is 6.54 Å². The van der Waals surface area contributed by atoms with Gasteiger partial charge in [-0.2, -0.15) is 0 Å². The smallest absolute Gasteiger partial charge is 0.242 e. The molecule has 0 saturated heterocycles. The van der Waals surface area contributed by atoms with Gasteiger partial charge in [-0.15, -0.1) is 11.3 Å². The first-order valence-corrected chi connectivity index (χ1v) is 9.23. The van der Waals surface area contributed by atoms with Crippen LogP contribution in [0.1, 0.15) is 25.6 Å². The first-order valence-electron chi connectivity index (χ1n) is 6.93. The third kappa shape index (κ3) is 2.99. The monoisotopic (exact) mass is 326 g/mol. The Morgan fingerprint density at radius 2 is 1.95 bits per heavy atom. The van der Waals surface area contributed by atoms with Crippen molar-refractivity contribution in [2.24, 2.45) is 11.7 Å². The van der Waals surface area contributed by atoms with Crippen molar-refractivity contribution in [1.82, 2.24) is 4.72 Å². The lowest BCUT2D eigenvalue weighted by molar-refractivity contribution is 0.315. The number of hydrogen-bond donors (Lipinski definition) is 2. The number of hydrogen-bond acceptors (Lipinski definition) is 4. The van der Waals surface area contributed by atoms with Crippen LogP contribution in [0.3, 0.4) is 0 Å². The summed E-state index contributed by atoms with van der Waals surface area (Å²) in [4.78, 5) is 1.18. The van der Waals surface area contributed by atoms with E-state index in [1.807, 2.05) is 52.0 Å². The second-order valence-corrected chi connectivity index (χ2v) is 8.74. The van der Waals surface area contributed by atoms with Gasteiger partial charge in [-0.25, -0.2) is 13.1 Å². The van der Waals surface area contributed by atoms with Crippen molar-refractivity contribution in [1.29, 1.82) is 0 Å². The number of sulfonamides is 1. The second-order valence-electron chi connectivity index (χ2n) is 5.87. The number of rotatable bonds is 5. The Kier molecular flexibility index (Phi) is 4.44. The van der Waals surface area contributed by atoms with E-state index >= 15 is 0 Å². The summed E-state index contributed by atoms with van der Waals surface area (Å²) >= 11 is 1.50. The SMILES string of the molecule is Cc1sc2ccccc2c1S(=O)(=O)NC(C)(CN)C(C)C. The molecule has 0 radical (unpaired) electrons. The Morgan fingerprint density at radius 1 is 1.33 bits per heavy atom. The van der Waals surface area contributed by atoms with E-state index in [2.05, 4.69) is 4.72 Å². The molecule has 0 aliphatic carbocycles. The van der Waals surface area contributed by atoms with Crippen LogP contribution < -0.4 is 10.5 Å². The van der Waals surface area contributed by atoms with Gasteiger partial charge in [-0.1, -0.05) is 32.0 Å². The summed E-state index contributed by atoms with van der Waals surface area (Å²) in [6.45, 7) is 7.88. The molecular formula is C15H22N2O2S2. The summed E-state index contributed by atoms with van der Waals surface area (Å²) in [6, 6.07) is 7.57. The maximum Gasteiger partial charge on any atom is 0.242 e. The van der Waals surface area contributed by atoms with E-state index in [4.69, 9.17) is 5.73 Å². The van der Waals surface area contributed by atoms with Crippen molar-refractivity contribution >= 4 is 31.4 Å². The highest BCUT2D eigenvalue weighted by atomic mass is 32.2. The van der Waals surface area contributed by atoms with Crippen LogP contribution in [0.2, 0.25) is 0 Å². The zero-order chi connectivity index (χ0) is 15.8. The number of aryl methyl sites for hydroxylation is 1. The van der Waals surface area contributed by atoms with E-state index in [1.165, 1.54) is 11.3 Å². The van der Waals surface area contributed by atoms with Crippen LogP contribution in [0.25, 0.3) is 10.1 Å². The molecule has 0 aliphatic rings. The van der Waals surface area contributed by atoms with Gasteiger partial charge < -0.3 is 5.73 Å². The molecule has 0 fully saturated rings. The topological polar surface area (TPSA) is 72.2 Å². The Bertz CT molecular complexity index is 750. The number of nitrogens with two attached hydrogens (primary N) is 1. The van der Waals surface area contributed by atoms with Gasteiger partial charge in [0.05, 0.1) is 0 Å². The molecular weight excluding hydrogens is 304 g/mol. The quantitative estimate of drug-likeness (QED) is 0.887. The fourth-order valence-corrected chi connectivity index (χ4v) is 5.59. The molecule has 1 unspecified atom stereocenters. The highest BCUT2D eigenvalue weighted by Gasteiger charge is 2.34. The van der Waals surface area contributed by atoms with E-state index < -0.39 is 15.6 Å². The van der Waals surface area contributed by atoms with Crippen LogP contribution >= 0.6 is 11.3 Å². The van der Waals surface area contributed by atoms with Crippen LogP contribution in [-0.2, 0) is 10.0 Å². The van der Waals surface area contributed by atoms with Crippen LogP contribution in [0.4, 0.5) is 0 Å². The summed E-state index contributed by atoms with van der Waals surface area (Å²) in [5.74, 6) is 0.0995. The van der Waals surface area contributed by atoms with Crippen molar-refractivity contribution in [3.63, 3.8) is 0 Å². The predicted octanol–water partition coefficient (Wildman–Crippen LogP) is 2.86. The zero-order valence-corrected chi connectivity index (χ0v) is 14.4. The molecule has 2 aromatic rings. The molecule has 1 aromatic carbocycles. The normalized spacial score (nSPS) is 15.5. The first-order chi connectivity index (χ1) is 9.71. The Hall–Kier alpha value is -0.950. The summed E-state index contributed by atoms with van der Waals surface area (Å²) in [5, 5.41) is 0.774. The van der Waals surface area contributed by atoms with Gasteiger partial charge in [-0.3, -0.25) is 0 Å². The van der Waals surface area contributed by atoms with Crippen molar-refractivity contribution < 1.29 is 8.42 Å². The average Bonchev–Trinajstić information content (AvgIpc) is 2.74. The molecule has 3 N–H and O–H groups in total. The molecule has 21 heavy (non-hydrogen) atoms. The van der Waals surface area contributed by atoms with E-state index in [0.717, 1.165) is 15.0 Å². The van der Waals surface area contributed by atoms with E-state index in [-0.39, 0.29) is 12.5 Å². The molecule has 2 rings (SSSR count). The lowest BCUT2D eigenvalue weighted by Gasteiger charge is -2.33. The largest absolute Gasteiger partial charge is 0.329 e. The molecule has 1 heterocycles. The molecule has 0 bridgehead atoms. The highest BCUT2D eigenvalue weighted by Crippen LogP contribution is 2.34. The maximum absolute atomic E-state index is 12.8. The second kappa shape index (κ2) is 5.68. The van der Waals surface area contributed by atoms with E-state index in [0.29, 0.717) is 4.90 Å². The van der Waals surface area contributed by atoms with Gasteiger partial charge in [0, 0.05) is 27.0 Å². The molecule has 6 heteroatoms. The van der Waals surface area contributed by atoms with Crippen LogP contribution in [-0.4, -0.2) is 20.5 Å². The van der Waals surface area contributed by atoms with Gasteiger partial charge >= 0.3 is 0 Å². The minimum Gasteiger partial charge on any atom is -0.329 e. The van der Waals surface area contributed by atoms with Gasteiger partial charge in [0.15, 0.2) is 0 Å². The standard InChI is InChI=1S/C15H22N2O2S2/c1-10(2)15(4,9-16)17-21(18,19)14-11(3)20-13-8-6-5-7-12(13)14/h5-8,10,17H,9,16H2,1-4H3. The summed E-state index contributed by atoms with van der Waals surface area (Å²) < 4.78 is 29.5. The number of benzene rings is 1. The average molecular weight is 326 g/mol. The van der Waals surface area contributed by atoms with Gasteiger partial charge in [0.25, 0.3) is 0 Å². The molecule has 116 valence electrons. The lowest BCUT2D eigenvalue weighted by Crippen LogP contribution is -2.54. The fraction of sp³-hybridized carbons (Fsp3) is 0.467. The molecule has 1 aromatic heterocycles. The number of fused-ring (bicyclic) bond motifs is 1. The predicted molar refractivity (Wildman–Crippen MR) is 89.2 cm³/mol. The molecule has 4 nitrogen and oxygen atoms in total. The van der Waals surface area contributed by atoms with E-state index in [9.17, 15) is 8.42 Å². The molecule has 0 aliphatic heterocycles. The van der Waals surface area contributed by atoms with Gasteiger partial charge in [0.1, 0.15) is 4.90 Å². The number of nitrogens with one attached hydrogen (secondary N) is 1. The molecule has 0 spiro atoms. The zero-order valence-electron chi connectivity index (χ0n) is 12.8. The molecule has 0 saturated carbocycles. The highest BCUT2D eigenvalue weighted by molar-refractivity contribution is 7.90. The first kappa shape index (κ1) is 16.4. The van der Waals surface area contributed by atoms with E-state index in [1.54, 1.807) is 0 Å². The Balaban J connectivity index is 2.55. The molecule has 0 amide bonds. The summed E-state index contributed by atoms with van der Waals surface area (Å²) in [5.41, 5.74) is 5.14. The fourth-order valence-electron chi connectivity index (χ4n) is 2.23. The Morgan fingerprint density at radius 3 is 2.52 bits per heavy atom. The van der Waals surface area contributed by atoms with Crippen molar-refractivity contribution in [3.8, 4) is 0 Å². The maximum atomic E-state index is 12.8. The Labute approximate surface area is 130 Å². The summed E-state index contributed by atoms with van der Waals surface area (Å²) in [7, 11) is -3.61. The number of thiophene rings is 1. The third-order valence-electron chi connectivity index (χ3n) is 4.05. The van der Waals surface area contributed by atoms with Gasteiger partial charge in [0.2, 0.25) is 10.0 Å². The van der Waals surface area contributed by atoms with Gasteiger partial charge in [-0.05, 0) is 25.8 Å². The minimum atomic E-state index is -3.61. The van der Waals surface area contributed by atoms with Crippen molar-refractivity contribution in [2.45, 2.75) is 38.1 Å². The van der Waals surface area contributed by atoms with Crippen LogP contribution in [0.5, 0.6) is 0 Å². The third-order valence-corrected chi connectivity index (χ3v) is 7.06.